The second-order valence-corrected chi connectivity index (χ2v) is 9.19. The Kier molecular flexibility index (Phi) is 6.41. The number of benzene rings is 1. The molecule has 1 saturated carbocycles. The summed E-state index contributed by atoms with van der Waals surface area (Å²) in [5.74, 6) is -0.956. The van der Waals surface area contributed by atoms with Crippen molar-refractivity contribution >= 4 is 21.9 Å². The van der Waals surface area contributed by atoms with E-state index in [9.17, 15) is 18.0 Å². The maximum absolute atomic E-state index is 12.2. The van der Waals surface area contributed by atoms with Crippen molar-refractivity contribution in [2.24, 2.45) is 0 Å². The molecule has 7 nitrogen and oxygen atoms in total. The van der Waals surface area contributed by atoms with Crippen molar-refractivity contribution in [1.82, 2.24) is 10.0 Å². The van der Waals surface area contributed by atoms with Gasteiger partial charge in [-0.15, -0.1) is 0 Å². The maximum Gasteiger partial charge on any atom is 0.307 e. The number of rotatable bonds is 8. The van der Waals surface area contributed by atoms with E-state index in [1.54, 1.807) is 24.3 Å². The van der Waals surface area contributed by atoms with Gasteiger partial charge in [0.05, 0.1) is 11.3 Å². The Labute approximate surface area is 154 Å². The number of sulfonamides is 1. The maximum atomic E-state index is 12.2. The molecule has 1 aromatic rings. The lowest BCUT2D eigenvalue weighted by atomic mass is 9.87. The number of nitrogens with one attached hydrogen (secondary N) is 2. The number of esters is 1. The van der Waals surface area contributed by atoms with E-state index < -0.39 is 16.0 Å². The molecule has 0 saturated heterocycles. The molecular formula is C18H26N2O5S. The summed E-state index contributed by atoms with van der Waals surface area (Å²) in [6, 6.07) is 6.85. The van der Waals surface area contributed by atoms with E-state index in [1.807, 2.05) is 20.8 Å². The fraction of sp³-hybridized carbons (Fsp3) is 0.556. The Morgan fingerprint density at radius 2 is 1.77 bits per heavy atom. The van der Waals surface area contributed by atoms with E-state index in [2.05, 4.69) is 10.0 Å². The van der Waals surface area contributed by atoms with Gasteiger partial charge in [0.2, 0.25) is 10.0 Å². The molecular weight excluding hydrogens is 356 g/mol. The van der Waals surface area contributed by atoms with Crippen LogP contribution in [0.15, 0.2) is 29.2 Å². The predicted octanol–water partition coefficient (Wildman–Crippen LogP) is 1.47. The second-order valence-electron chi connectivity index (χ2n) is 7.42. The molecule has 0 aliphatic heterocycles. The molecule has 26 heavy (non-hydrogen) atoms. The molecule has 1 fully saturated rings. The lowest BCUT2D eigenvalue weighted by Gasteiger charge is -2.19. The van der Waals surface area contributed by atoms with Crippen LogP contribution in [0.2, 0.25) is 0 Å². The van der Waals surface area contributed by atoms with Crippen LogP contribution in [0.25, 0.3) is 0 Å². The van der Waals surface area contributed by atoms with Crippen molar-refractivity contribution in [3.8, 4) is 0 Å². The summed E-state index contributed by atoms with van der Waals surface area (Å²) >= 11 is 0. The van der Waals surface area contributed by atoms with E-state index >= 15 is 0 Å². The van der Waals surface area contributed by atoms with E-state index in [4.69, 9.17) is 4.74 Å². The fourth-order valence-electron chi connectivity index (χ4n) is 2.22. The standard InChI is InChI=1S/C18H26N2O5S/c1-18(2,3)13-4-8-15(9-5-13)26(23,24)19-11-10-17(22)25-12-16(21)20-14-6-7-14/h4-5,8-9,14,19H,6-7,10-12H2,1-3H3,(H,20,21). The highest BCUT2D eigenvalue weighted by Gasteiger charge is 2.23. The molecule has 1 aromatic carbocycles. The molecule has 0 aromatic heterocycles. The number of ether oxygens (including phenoxy) is 1. The van der Waals surface area contributed by atoms with Crippen LogP contribution in [0.5, 0.6) is 0 Å². The normalized spacial score (nSPS) is 14.7. The Balaban J connectivity index is 1.76. The highest BCUT2D eigenvalue weighted by molar-refractivity contribution is 7.89. The highest BCUT2D eigenvalue weighted by Crippen LogP contribution is 2.23. The molecule has 1 amide bonds. The van der Waals surface area contributed by atoms with E-state index in [0.29, 0.717) is 0 Å². The summed E-state index contributed by atoms with van der Waals surface area (Å²) < 4.78 is 31.7. The quantitative estimate of drug-likeness (QED) is 0.663. The van der Waals surface area contributed by atoms with Crippen LogP contribution in [0.3, 0.4) is 0 Å². The van der Waals surface area contributed by atoms with Crippen molar-refractivity contribution in [2.45, 2.75) is 56.4 Å². The summed E-state index contributed by atoms with van der Waals surface area (Å²) in [4.78, 5) is 23.1. The van der Waals surface area contributed by atoms with Gasteiger partial charge in [-0.2, -0.15) is 0 Å². The fourth-order valence-corrected chi connectivity index (χ4v) is 3.25. The third-order valence-corrected chi connectivity index (χ3v) is 5.44. The van der Waals surface area contributed by atoms with E-state index in [1.165, 1.54) is 0 Å². The van der Waals surface area contributed by atoms with Crippen molar-refractivity contribution < 1.29 is 22.7 Å². The third kappa shape index (κ3) is 6.42. The zero-order chi connectivity index (χ0) is 19.4. The van der Waals surface area contributed by atoms with Gasteiger partial charge in [0, 0.05) is 12.6 Å². The van der Waals surface area contributed by atoms with Crippen LogP contribution < -0.4 is 10.0 Å². The number of carbonyl (C=O) groups excluding carboxylic acids is 2. The molecule has 0 spiro atoms. The van der Waals surface area contributed by atoms with Crippen molar-refractivity contribution in [2.75, 3.05) is 13.2 Å². The Morgan fingerprint density at radius 1 is 1.15 bits per heavy atom. The van der Waals surface area contributed by atoms with Gasteiger partial charge in [-0.05, 0) is 36.0 Å². The molecule has 0 unspecified atom stereocenters. The number of amides is 1. The molecule has 8 heteroatoms. The zero-order valence-electron chi connectivity index (χ0n) is 15.4. The van der Waals surface area contributed by atoms with Gasteiger partial charge in [0.15, 0.2) is 6.61 Å². The Morgan fingerprint density at radius 3 is 2.31 bits per heavy atom. The van der Waals surface area contributed by atoms with Gasteiger partial charge >= 0.3 is 5.97 Å². The molecule has 1 aliphatic carbocycles. The average Bonchev–Trinajstić information content (AvgIpc) is 3.36. The third-order valence-electron chi connectivity index (χ3n) is 3.96. The minimum atomic E-state index is -3.69. The van der Waals surface area contributed by atoms with Gasteiger partial charge in [-0.3, -0.25) is 9.59 Å². The summed E-state index contributed by atoms with van der Waals surface area (Å²) in [7, 11) is -3.69. The van der Waals surface area contributed by atoms with Crippen LogP contribution in [0.1, 0.15) is 45.6 Å². The van der Waals surface area contributed by atoms with Gasteiger partial charge in [0.1, 0.15) is 0 Å². The summed E-state index contributed by atoms with van der Waals surface area (Å²) in [6.45, 7) is 5.71. The van der Waals surface area contributed by atoms with Gasteiger partial charge in [-0.25, -0.2) is 13.1 Å². The molecule has 1 aliphatic rings. The predicted molar refractivity (Wildman–Crippen MR) is 97.1 cm³/mol. The molecule has 2 rings (SSSR count). The number of hydrogen-bond donors (Lipinski definition) is 2. The molecule has 2 N–H and O–H groups in total. The summed E-state index contributed by atoms with van der Waals surface area (Å²) in [5.41, 5.74) is 0.968. The van der Waals surface area contributed by atoms with Crippen LogP contribution in [0.4, 0.5) is 0 Å². The monoisotopic (exact) mass is 382 g/mol. The van der Waals surface area contributed by atoms with Crippen LogP contribution >= 0.6 is 0 Å². The smallest absolute Gasteiger partial charge is 0.307 e. The first-order chi connectivity index (χ1) is 12.1. The second kappa shape index (κ2) is 8.18. The first kappa shape index (κ1) is 20.4. The molecule has 144 valence electrons. The Hall–Kier alpha value is -1.93. The van der Waals surface area contributed by atoms with Crippen LogP contribution in [-0.2, 0) is 29.8 Å². The van der Waals surface area contributed by atoms with Crippen molar-refractivity contribution in [1.29, 1.82) is 0 Å². The van der Waals surface area contributed by atoms with E-state index in [0.717, 1.165) is 18.4 Å². The highest BCUT2D eigenvalue weighted by atomic mass is 32.2. The first-order valence-electron chi connectivity index (χ1n) is 8.63. The lowest BCUT2D eigenvalue weighted by Crippen LogP contribution is -2.31. The number of carbonyl (C=O) groups is 2. The molecule has 0 atom stereocenters. The zero-order valence-corrected chi connectivity index (χ0v) is 16.2. The lowest BCUT2D eigenvalue weighted by molar-refractivity contribution is -0.148. The average molecular weight is 382 g/mol. The van der Waals surface area contributed by atoms with Gasteiger partial charge in [0.25, 0.3) is 5.91 Å². The molecule has 0 bridgehead atoms. The van der Waals surface area contributed by atoms with Gasteiger partial charge < -0.3 is 10.1 Å². The minimum absolute atomic E-state index is 0.0642. The summed E-state index contributed by atoms with van der Waals surface area (Å²) in [6.07, 6.45) is 1.77. The van der Waals surface area contributed by atoms with Crippen LogP contribution in [0, 0.1) is 0 Å². The van der Waals surface area contributed by atoms with Gasteiger partial charge in [-0.1, -0.05) is 32.9 Å². The first-order valence-corrected chi connectivity index (χ1v) is 10.1. The number of hydrogen-bond acceptors (Lipinski definition) is 5. The van der Waals surface area contributed by atoms with Crippen molar-refractivity contribution in [3.63, 3.8) is 0 Å². The summed E-state index contributed by atoms with van der Waals surface area (Å²) in [5, 5.41) is 2.70. The molecule has 0 heterocycles. The topological polar surface area (TPSA) is 102 Å². The molecule has 0 radical (unpaired) electrons. The minimum Gasteiger partial charge on any atom is -0.456 e. The van der Waals surface area contributed by atoms with Crippen molar-refractivity contribution in [3.05, 3.63) is 29.8 Å². The Bertz CT molecular complexity index is 747. The van der Waals surface area contributed by atoms with Crippen LogP contribution in [-0.4, -0.2) is 39.5 Å². The largest absolute Gasteiger partial charge is 0.456 e. The van der Waals surface area contributed by atoms with E-state index in [-0.39, 0.29) is 41.8 Å². The SMILES string of the molecule is CC(C)(C)c1ccc(S(=O)(=O)NCCC(=O)OCC(=O)NC2CC2)cc1.